The van der Waals surface area contributed by atoms with E-state index in [2.05, 4.69) is 15.4 Å². The van der Waals surface area contributed by atoms with Gasteiger partial charge in [-0.05, 0) is 49.6 Å². The van der Waals surface area contributed by atoms with E-state index >= 15 is 0 Å². The fraction of sp³-hybridized carbons (Fsp3) is 0.500. The summed E-state index contributed by atoms with van der Waals surface area (Å²) < 4.78 is 30.0. The smallest absolute Gasteiger partial charge is 0.411 e. The molecule has 2 atom stereocenters. The Hall–Kier alpha value is -1.93. The number of ether oxygens (including phenoxy) is 1. The Labute approximate surface area is 140 Å². The van der Waals surface area contributed by atoms with Crippen molar-refractivity contribution >= 4 is 27.9 Å². The first kappa shape index (κ1) is 16.9. The number of carbonyl (C=O) groups is 2. The molecule has 1 amide bonds. The van der Waals surface area contributed by atoms with Gasteiger partial charge >= 0.3 is 6.09 Å². The summed E-state index contributed by atoms with van der Waals surface area (Å²) in [5.41, 5.74) is 0.968. The Morgan fingerprint density at radius 3 is 2.71 bits per heavy atom. The zero-order valence-corrected chi connectivity index (χ0v) is 14.1. The molecule has 1 aliphatic carbocycles. The van der Waals surface area contributed by atoms with Gasteiger partial charge in [0, 0.05) is 17.6 Å². The van der Waals surface area contributed by atoms with Crippen LogP contribution in [0.3, 0.4) is 0 Å². The maximum atomic E-state index is 12.7. The molecule has 0 bridgehead atoms. The Kier molecular flexibility index (Phi) is 4.60. The molecule has 3 rings (SSSR count). The monoisotopic (exact) mass is 352 g/mol. The quantitative estimate of drug-likeness (QED) is 0.782. The van der Waals surface area contributed by atoms with Gasteiger partial charge in [0.25, 0.3) is 0 Å². The highest BCUT2D eigenvalue weighted by Crippen LogP contribution is 2.40. The number of hydrogen-bond donors (Lipinski definition) is 2. The van der Waals surface area contributed by atoms with Gasteiger partial charge in [-0.25, -0.2) is 13.2 Å². The predicted molar refractivity (Wildman–Crippen MR) is 87.6 cm³/mol. The molecule has 0 spiro atoms. The van der Waals surface area contributed by atoms with Gasteiger partial charge in [0.1, 0.15) is 6.29 Å². The average Bonchev–Trinajstić information content (AvgIpc) is 3.33. The van der Waals surface area contributed by atoms with Crippen molar-refractivity contribution in [2.45, 2.75) is 35.4 Å². The number of benzene rings is 1. The molecule has 2 aliphatic rings. The maximum Gasteiger partial charge on any atom is 0.411 e. The van der Waals surface area contributed by atoms with Crippen LogP contribution in [0.4, 0.5) is 10.5 Å². The number of anilines is 1. The highest BCUT2D eigenvalue weighted by Gasteiger charge is 2.40. The van der Waals surface area contributed by atoms with Crippen molar-refractivity contribution in [2.24, 2.45) is 5.92 Å². The number of carbonyl (C=O) groups excluding carboxylic acids is 2. The van der Waals surface area contributed by atoms with Gasteiger partial charge < -0.3 is 14.8 Å². The topological polar surface area (TPSA) is 102 Å². The molecule has 2 fully saturated rings. The zero-order chi connectivity index (χ0) is 17.3. The van der Waals surface area contributed by atoms with Crippen LogP contribution < -0.4 is 10.6 Å². The molecule has 1 saturated heterocycles. The molecule has 1 saturated carbocycles. The number of amides is 1. The first-order chi connectivity index (χ1) is 11.5. The average molecular weight is 352 g/mol. The molecular formula is C16H20N2O5S. The molecule has 2 N–H and O–H groups in total. The van der Waals surface area contributed by atoms with Crippen LogP contribution in [0.15, 0.2) is 23.1 Å². The molecule has 0 aromatic heterocycles. The van der Waals surface area contributed by atoms with Gasteiger partial charge in [-0.1, -0.05) is 0 Å². The summed E-state index contributed by atoms with van der Waals surface area (Å²) in [5.74, 6) is -0.286. The Morgan fingerprint density at radius 2 is 2.08 bits per heavy atom. The maximum absolute atomic E-state index is 12.7. The molecule has 0 radical (unpaired) electrons. The summed E-state index contributed by atoms with van der Waals surface area (Å²) in [4.78, 5) is 23.0. The Balaban J connectivity index is 2.04. The molecule has 8 heteroatoms. The van der Waals surface area contributed by atoms with Gasteiger partial charge in [0.2, 0.25) is 0 Å². The minimum Gasteiger partial charge on any atom is -0.453 e. The largest absolute Gasteiger partial charge is 0.453 e. The zero-order valence-electron chi connectivity index (χ0n) is 13.3. The third-order valence-electron chi connectivity index (χ3n) is 4.49. The molecule has 7 nitrogen and oxygen atoms in total. The molecule has 0 unspecified atom stereocenters. The van der Waals surface area contributed by atoms with E-state index in [0.29, 0.717) is 37.1 Å². The van der Waals surface area contributed by atoms with Crippen molar-refractivity contribution in [1.82, 2.24) is 5.32 Å². The number of nitrogens with one attached hydrogen (secondary N) is 2. The minimum absolute atomic E-state index is 0.242. The van der Waals surface area contributed by atoms with E-state index in [1.807, 2.05) is 0 Å². The summed E-state index contributed by atoms with van der Waals surface area (Å²) >= 11 is 0. The van der Waals surface area contributed by atoms with Crippen molar-refractivity contribution in [3.63, 3.8) is 0 Å². The SMILES string of the molecule is COC(=O)Nc1ccc(S(=O)(=O)C2CC2)c([C@@H]2NCC[C@@H]2C=O)c1. The van der Waals surface area contributed by atoms with Crippen LogP contribution in [-0.2, 0) is 19.4 Å². The van der Waals surface area contributed by atoms with Crippen molar-refractivity contribution in [2.75, 3.05) is 19.0 Å². The van der Waals surface area contributed by atoms with Crippen molar-refractivity contribution in [3.05, 3.63) is 23.8 Å². The fourth-order valence-corrected chi connectivity index (χ4v) is 4.95. The number of hydrogen-bond acceptors (Lipinski definition) is 6. The number of methoxy groups -OCH3 is 1. The highest BCUT2D eigenvalue weighted by atomic mass is 32.2. The van der Waals surface area contributed by atoms with Crippen LogP contribution in [0.2, 0.25) is 0 Å². The fourth-order valence-electron chi connectivity index (χ4n) is 3.07. The normalized spacial score (nSPS) is 23.7. The molecule has 130 valence electrons. The van der Waals surface area contributed by atoms with E-state index in [9.17, 15) is 18.0 Å². The van der Waals surface area contributed by atoms with Gasteiger partial charge in [0.15, 0.2) is 9.84 Å². The first-order valence-corrected chi connectivity index (χ1v) is 9.43. The van der Waals surface area contributed by atoms with E-state index in [1.54, 1.807) is 12.1 Å². The van der Waals surface area contributed by atoms with E-state index in [4.69, 9.17) is 0 Å². The number of rotatable bonds is 5. The Morgan fingerprint density at radius 1 is 1.33 bits per heavy atom. The molecule has 1 aliphatic heterocycles. The van der Waals surface area contributed by atoms with Gasteiger partial charge in [0.05, 0.1) is 17.3 Å². The minimum atomic E-state index is -3.42. The second-order valence-corrected chi connectivity index (χ2v) is 8.33. The van der Waals surface area contributed by atoms with Gasteiger partial charge in [-0.2, -0.15) is 0 Å². The standard InChI is InChI=1S/C16H20N2O5S/c1-23-16(20)18-11-2-5-14(24(21,22)12-3-4-12)13(8-11)15-10(9-19)6-7-17-15/h2,5,8-10,12,15,17H,3-4,6-7H2,1H3,(H,18,20)/t10-,15-/m1/s1. The first-order valence-electron chi connectivity index (χ1n) is 7.89. The summed E-state index contributed by atoms with van der Waals surface area (Å²) in [7, 11) is -2.16. The van der Waals surface area contributed by atoms with Crippen LogP contribution in [0.25, 0.3) is 0 Å². The van der Waals surface area contributed by atoms with Crippen molar-refractivity contribution in [1.29, 1.82) is 0 Å². The summed E-state index contributed by atoms with van der Waals surface area (Å²) in [6, 6.07) is 4.30. The molecule has 1 aromatic carbocycles. The second kappa shape index (κ2) is 6.52. The van der Waals surface area contributed by atoms with E-state index in [0.717, 1.165) is 6.29 Å². The lowest BCUT2D eigenvalue weighted by atomic mass is 9.95. The summed E-state index contributed by atoms with van der Waals surface area (Å²) in [6.07, 6.45) is 2.22. The van der Waals surface area contributed by atoms with Crippen molar-refractivity contribution in [3.8, 4) is 0 Å². The van der Waals surface area contributed by atoms with Crippen LogP contribution in [0.5, 0.6) is 0 Å². The second-order valence-electron chi connectivity index (χ2n) is 6.13. The Bertz CT molecular complexity index is 758. The van der Waals surface area contributed by atoms with Crippen molar-refractivity contribution < 1.29 is 22.7 Å². The summed E-state index contributed by atoms with van der Waals surface area (Å²) in [5, 5.41) is 5.40. The third kappa shape index (κ3) is 3.16. The lowest BCUT2D eigenvalue weighted by Gasteiger charge is -2.20. The molecule has 1 heterocycles. The highest BCUT2D eigenvalue weighted by molar-refractivity contribution is 7.92. The van der Waals surface area contributed by atoms with Gasteiger partial charge in [-0.3, -0.25) is 5.32 Å². The van der Waals surface area contributed by atoms with Crippen LogP contribution in [0.1, 0.15) is 30.9 Å². The molecule has 24 heavy (non-hydrogen) atoms. The lowest BCUT2D eigenvalue weighted by Crippen LogP contribution is -2.23. The van der Waals surface area contributed by atoms with Crippen LogP contribution in [0, 0.1) is 5.92 Å². The van der Waals surface area contributed by atoms with E-state index in [1.165, 1.54) is 13.2 Å². The lowest BCUT2D eigenvalue weighted by molar-refractivity contribution is -0.111. The molecular weight excluding hydrogens is 332 g/mol. The van der Waals surface area contributed by atoms with E-state index < -0.39 is 15.9 Å². The predicted octanol–water partition coefficient (Wildman–Crippen LogP) is 1.65. The van der Waals surface area contributed by atoms with Crippen LogP contribution in [-0.4, -0.2) is 39.7 Å². The van der Waals surface area contributed by atoms with E-state index in [-0.39, 0.29) is 22.1 Å². The van der Waals surface area contributed by atoms with Gasteiger partial charge in [-0.15, -0.1) is 0 Å². The number of sulfone groups is 1. The third-order valence-corrected chi connectivity index (χ3v) is 6.83. The number of aldehydes is 1. The molecule has 1 aromatic rings. The van der Waals surface area contributed by atoms with Crippen LogP contribution >= 0.6 is 0 Å². The summed E-state index contributed by atoms with van der Waals surface area (Å²) in [6.45, 7) is 0.644.